The molecule has 0 spiro atoms. The fraction of sp³-hybridized carbons (Fsp3) is 0.476. The molecule has 148 valence electrons. The number of anilines is 1. The Labute approximate surface area is 169 Å². The molecule has 1 aromatic heterocycles. The van der Waals surface area contributed by atoms with E-state index in [-0.39, 0.29) is 11.8 Å². The average Bonchev–Trinajstić information content (AvgIpc) is 3.40. The summed E-state index contributed by atoms with van der Waals surface area (Å²) in [6.45, 7) is 5.87. The SMILES string of the molecule is Cc1ccccc1C(=O)Nc1nc(C(=O)N2CCC(N3CCCC3)CC2)cs1. The minimum absolute atomic E-state index is 0.0347. The third kappa shape index (κ3) is 4.10. The smallest absolute Gasteiger partial charge is 0.273 e. The Bertz CT molecular complexity index is 852. The Balaban J connectivity index is 1.34. The molecule has 1 aromatic carbocycles. The van der Waals surface area contributed by atoms with Gasteiger partial charge in [0.2, 0.25) is 0 Å². The molecular weight excluding hydrogens is 372 g/mol. The summed E-state index contributed by atoms with van der Waals surface area (Å²) in [5, 5.41) is 5.01. The van der Waals surface area contributed by atoms with Crippen LogP contribution in [0.4, 0.5) is 5.13 Å². The van der Waals surface area contributed by atoms with E-state index in [0.29, 0.717) is 22.4 Å². The molecule has 3 heterocycles. The van der Waals surface area contributed by atoms with E-state index in [1.165, 1.54) is 37.3 Å². The molecule has 0 atom stereocenters. The lowest BCUT2D eigenvalue weighted by Crippen LogP contribution is -2.46. The highest BCUT2D eigenvalue weighted by atomic mass is 32.1. The maximum atomic E-state index is 12.8. The van der Waals surface area contributed by atoms with Gasteiger partial charge in [0.1, 0.15) is 5.69 Å². The van der Waals surface area contributed by atoms with Gasteiger partial charge in [-0.2, -0.15) is 0 Å². The van der Waals surface area contributed by atoms with E-state index in [0.717, 1.165) is 31.5 Å². The molecule has 28 heavy (non-hydrogen) atoms. The molecule has 2 amide bonds. The maximum absolute atomic E-state index is 12.8. The van der Waals surface area contributed by atoms with Gasteiger partial charge in [0, 0.05) is 30.1 Å². The van der Waals surface area contributed by atoms with E-state index in [4.69, 9.17) is 0 Å². The van der Waals surface area contributed by atoms with Crippen molar-refractivity contribution in [2.75, 3.05) is 31.5 Å². The van der Waals surface area contributed by atoms with Gasteiger partial charge in [0.05, 0.1) is 0 Å². The molecule has 2 aliphatic rings. The highest BCUT2D eigenvalue weighted by Gasteiger charge is 2.29. The Kier molecular flexibility index (Phi) is 5.73. The Hall–Kier alpha value is -2.25. The lowest BCUT2D eigenvalue weighted by molar-refractivity contribution is 0.0639. The second kappa shape index (κ2) is 8.41. The summed E-state index contributed by atoms with van der Waals surface area (Å²) in [5.74, 6) is -0.231. The minimum Gasteiger partial charge on any atom is -0.337 e. The predicted molar refractivity (Wildman–Crippen MR) is 111 cm³/mol. The first-order valence-corrected chi connectivity index (χ1v) is 10.9. The summed E-state index contributed by atoms with van der Waals surface area (Å²) in [7, 11) is 0. The molecule has 0 bridgehead atoms. The van der Waals surface area contributed by atoms with Crippen LogP contribution in [0.5, 0.6) is 0 Å². The fourth-order valence-corrected chi connectivity index (χ4v) is 4.80. The number of nitrogens with zero attached hydrogens (tertiary/aromatic N) is 3. The van der Waals surface area contributed by atoms with Gasteiger partial charge in [-0.05, 0) is 57.3 Å². The van der Waals surface area contributed by atoms with Crippen molar-refractivity contribution in [1.82, 2.24) is 14.8 Å². The van der Waals surface area contributed by atoms with E-state index in [1.54, 1.807) is 11.4 Å². The number of benzene rings is 1. The van der Waals surface area contributed by atoms with E-state index in [2.05, 4.69) is 15.2 Å². The molecular formula is C21H26N4O2S. The second-order valence-corrected chi connectivity index (χ2v) is 8.43. The van der Waals surface area contributed by atoms with Crippen LogP contribution >= 0.6 is 11.3 Å². The summed E-state index contributed by atoms with van der Waals surface area (Å²) in [5.41, 5.74) is 1.95. The molecule has 7 heteroatoms. The number of thiazole rings is 1. The zero-order valence-corrected chi connectivity index (χ0v) is 17.0. The van der Waals surface area contributed by atoms with Crippen LogP contribution in [0.25, 0.3) is 0 Å². The molecule has 0 radical (unpaired) electrons. The number of aromatic nitrogens is 1. The highest BCUT2D eigenvalue weighted by molar-refractivity contribution is 7.14. The molecule has 2 aromatic rings. The number of amides is 2. The van der Waals surface area contributed by atoms with Crippen molar-refractivity contribution in [3.63, 3.8) is 0 Å². The number of likely N-dealkylation sites (tertiary alicyclic amines) is 2. The first kappa shape index (κ1) is 19.1. The standard InChI is InChI=1S/C21H26N4O2S/c1-15-6-2-3-7-17(15)19(26)23-21-22-18(14-28-21)20(27)25-12-8-16(9-13-25)24-10-4-5-11-24/h2-3,6-7,14,16H,4-5,8-13H2,1H3,(H,22,23,26). The largest absolute Gasteiger partial charge is 0.337 e. The van der Waals surface area contributed by atoms with Crippen LogP contribution in [0.3, 0.4) is 0 Å². The van der Waals surface area contributed by atoms with Crippen molar-refractivity contribution < 1.29 is 9.59 Å². The Morgan fingerprint density at radius 3 is 2.54 bits per heavy atom. The molecule has 2 fully saturated rings. The van der Waals surface area contributed by atoms with Crippen molar-refractivity contribution in [2.24, 2.45) is 0 Å². The summed E-state index contributed by atoms with van der Waals surface area (Å²) < 4.78 is 0. The average molecular weight is 399 g/mol. The van der Waals surface area contributed by atoms with Crippen molar-refractivity contribution in [3.05, 3.63) is 46.5 Å². The van der Waals surface area contributed by atoms with Gasteiger partial charge in [-0.25, -0.2) is 4.98 Å². The molecule has 4 rings (SSSR count). The van der Waals surface area contributed by atoms with Gasteiger partial charge in [-0.15, -0.1) is 11.3 Å². The fourth-order valence-electron chi connectivity index (χ4n) is 4.12. The molecule has 2 saturated heterocycles. The predicted octanol–water partition coefficient (Wildman–Crippen LogP) is 3.40. The normalized spacial score (nSPS) is 18.4. The Morgan fingerprint density at radius 1 is 1.11 bits per heavy atom. The summed E-state index contributed by atoms with van der Waals surface area (Å²) in [4.78, 5) is 34.1. The zero-order valence-electron chi connectivity index (χ0n) is 16.2. The van der Waals surface area contributed by atoms with Crippen molar-refractivity contribution in [2.45, 2.75) is 38.6 Å². The van der Waals surface area contributed by atoms with E-state index >= 15 is 0 Å². The van der Waals surface area contributed by atoms with Crippen molar-refractivity contribution >= 4 is 28.3 Å². The molecule has 1 N–H and O–H groups in total. The maximum Gasteiger partial charge on any atom is 0.273 e. The quantitative estimate of drug-likeness (QED) is 0.857. The minimum atomic E-state index is -0.196. The lowest BCUT2D eigenvalue weighted by atomic mass is 10.0. The number of piperidine rings is 1. The number of rotatable bonds is 4. The van der Waals surface area contributed by atoms with Crippen LogP contribution in [-0.2, 0) is 0 Å². The summed E-state index contributed by atoms with van der Waals surface area (Å²) >= 11 is 1.29. The number of aryl methyl sites for hydroxylation is 1. The monoisotopic (exact) mass is 398 g/mol. The topological polar surface area (TPSA) is 65.5 Å². The second-order valence-electron chi connectivity index (χ2n) is 7.57. The third-order valence-electron chi connectivity index (χ3n) is 5.74. The van der Waals surface area contributed by atoms with E-state index in [9.17, 15) is 9.59 Å². The van der Waals surface area contributed by atoms with Gasteiger partial charge in [-0.3, -0.25) is 14.9 Å². The van der Waals surface area contributed by atoms with Crippen LogP contribution in [0, 0.1) is 6.92 Å². The van der Waals surface area contributed by atoms with Crippen LogP contribution < -0.4 is 5.32 Å². The number of hydrogen-bond acceptors (Lipinski definition) is 5. The van der Waals surface area contributed by atoms with Crippen LogP contribution in [-0.4, -0.2) is 58.8 Å². The number of hydrogen-bond donors (Lipinski definition) is 1. The van der Waals surface area contributed by atoms with Crippen molar-refractivity contribution in [1.29, 1.82) is 0 Å². The van der Waals surface area contributed by atoms with Gasteiger partial charge in [-0.1, -0.05) is 18.2 Å². The molecule has 6 nitrogen and oxygen atoms in total. The molecule has 0 aliphatic carbocycles. The van der Waals surface area contributed by atoms with Gasteiger partial charge in [0.25, 0.3) is 11.8 Å². The lowest BCUT2D eigenvalue weighted by Gasteiger charge is -2.36. The number of carbonyl (C=O) groups excluding carboxylic acids is 2. The molecule has 0 unspecified atom stereocenters. The molecule has 2 aliphatic heterocycles. The van der Waals surface area contributed by atoms with Gasteiger partial charge >= 0.3 is 0 Å². The third-order valence-corrected chi connectivity index (χ3v) is 6.50. The van der Waals surface area contributed by atoms with E-state index in [1.807, 2.05) is 30.0 Å². The van der Waals surface area contributed by atoms with Crippen molar-refractivity contribution in [3.8, 4) is 0 Å². The Morgan fingerprint density at radius 2 is 1.82 bits per heavy atom. The van der Waals surface area contributed by atoms with Crippen LogP contribution in [0.1, 0.15) is 52.1 Å². The van der Waals surface area contributed by atoms with Gasteiger partial charge in [0.15, 0.2) is 5.13 Å². The van der Waals surface area contributed by atoms with E-state index < -0.39 is 0 Å². The summed E-state index contributed by atoms with van der Waals surface area (Å²) in [6.07, 6.45) is 4.67. The number of nitrogens with one attached hydrogen (secondary N) is 1. The van der Waals surface area contributed by atoms with Crippen LogP contribution in [0.2, 0.25) is 0 Å². The van der Waals surface area contributed by atoms with Crippen LogP contribution in [0.15, 0.2) is 29.6 Å². The zero-order chi connectivity index (χ0) is 19.5. The first-order chi connectivity index (χ1) is 13.6. The van der Waals surface area contributed by atoms with Gasteiger partial charge < -0.3 is 9.80 Å². The molecule has 0 saturated carbocycles. The highest BCUT2D eigenvalue weighted by Crippen LogP contribution is 2.23. The number of carbonyl (C=O) groups is 2. The first-order valence-electron chi connectivity index (χ1n) is 9.97. The summed E-state index contributed by atoms with van der Waals surface area (Å²) in [6, 6.07) is 8.04.